The molecule has 0 radical (unpaired) electrons. The molecular weight excluding hydrogens is 176 g/mol. The van der Waals surface area contributed by atoms with E-state index in [1.807, 2.05) is 0 Å². The Kier molecular flexibility index (Phi) is 3.54. The number of hydrogen-bond donors (Lipinski definition) is 2. The van der Waals surface area contributed by atoms with Gasteiger partial charge in [0, 0.05) is 18.4 Å². The zero-order valence-corrected chi connectivity index (χ0v) is 8.72. The third-order valence-corrected chi connectivity index (χ3v) is 3.40. The minimum Gasteiger partial charge on any atom is -0.317 e. The van der Waals surface area contributed by atoms with Gasteiger partial charge in [0.05, 0.1) is 0 Å². The third kappa shape index (κ3) is 2.55. The molecule has 0 saturated carbocycles. The van der Waals surface area contributed by atoms with Crippen molar-refractivity contribution in [3.63, 3.8) is 0 Å². The van der Waals surface area contributed by atoms with E-state index < -0.39 is 0 Å². The molecule has 0 aliphatic carbocycles. The number of rotatable bonds is 3. The molecule has 2 rings (SSSR count). The van der Waals surface area contributed by atoms with Crippen molar-refractivity contribution in [2.75, 3.05) is 19.6 Å². The number of carbonyl (C=O) groups is 1. The average molecular weight is 196 g/mol. The predicted molar refractivity (Wildman–Crippen MR) is 56.2 cm³/mol. The van der Waals surface area contributed by atoms with Gasteiger partial charge >= 0.3 is 0 Å². The normalized spacial score (nSPS) is 29.3. The van der Waals surface area contributed by atoms with Crippen molar-refractivity contribution in [3.8, 4) is 0 Å². The van der Waals surface area contributed by atoms with Gasteiger partial charge in [0.1, 0.15) is 5.78 Å². The maximum Gasteiger partial charge on any atom is 0.137 e. The Labute approximate surface area is 85.6 Å². The molecule has 2 aliphatic heterocycles. The van der Waals surface area contributed by atoms with Crippen molar-refractivity contribution in [2.24, 2.45) is 5.92 Å². The van der Waals surface area contributed by atoms with Crippen LogP contribution in [0.15, 0.2) is 0 Å². The zero-order chi connectivity index (χ0) is 9.80. The maximum atomic E-state index is 11.9. The van der Waals surface area contributed by atoms with Crippen LogP contribution >= 0.6 is 0 Å². The molecule has 14 heavy (non-hydrogen) atoms. The van der Waals surface area contributed by atoms with Crippen LogP contribution in [0.25, 0.3) is 0 Å². The minimum atomic E-state index is 0.346. The van der Waals surface area contributed by atoms with Gasteiger partial charge in [-0.05, 0) is 45.3 Å². The van der Waals surface area contributed by atoms with Crippen LogP contribution in [0.2, 0.25) is 0 Å². The maximum absolute atomic E-state index is 11.9. The predicted octanol–water partition coefficient (Wildman–Crippen LogP) is 0.697. The van der Waals surface area contributed by atoms with Crippen LogP contribution in [-0.2, 0) is 4.79 Å². The molecule has 0 spiro atoms. The van der Waals surface area contributed by atoms with Crippen molar-refractivity contribution >= 4 is 5.78 Å². The Hall–Kier alpha value is -0.410. The Morgan fingerprint density at radius 1 is 1.14 bits per heavy atom. The smallest absolute Gasteiger partial charge is 0.137 e. The van der Waals surface area contributed by atoms with E-state index in [1.54, 1.807) is 0 Å². The molecule has 2 saturated heterocycles. The highest BCUT2D eigenvalue weighted by molar-refractivity contribution is 5.81. The quantitative estimate of drug-likeness (QED) is 0.698. The first kappa shape index (κ1) is 10.1. The van der Waals surface area contributed by atoms with Crippen molar-refractivity contribution in [3.05, 3.63) is 0 Å². The molecule has 3 nitrogen and oxygen atoms in total. The van der Waals surface area contributed by atoms with Crippen molar-refractivity contribution in [1.29, 1.82) is 0 Å². The first-order valence-electron chi connectivity index (χ1n) is 5.83. The van der Waals surface area contributed by atoms with E-state index in [-0.39, 0.29) is 0 Å². The SMILES string of the molecule is O=C(C[C@@H]1CCCN1)C1CCNCC1. The molecule has 80 valence electrons. The second-order valence-electron chi connectivity index (χ2n) is 4.49. The van der Waals surface area contributed by atoms with E-state index in [1.165, 1.54) is 12.8 Å². The molecule has 0 amide bonds. The highest BCUT2D eigenvalue weighted by Crippen LogP contribution is 2.18. The van der Waals surface area contributed by atoms with Gasteiger partial charge in [-0.1, -0.05) is 0 Å². The first-order valence-corrected chi connectivity index (χ1v) is 5.83. The number of ketones is 1. The van der Waals surface area contributed by atoms with Gasteiger partial charge in [0.2, 0.25) is 0 Å². The summed E-state index contributed by atoms with van der Waals surface area (Å²) in [5, 5.41) is 6.69. The van der Waals surface area contributed by atoms with Crippen LogP contribution in [0.1, 0.15) is 32.1 Å². The fraction of sp³-hybridized carbons (Fsp3) is 0.909. The second-order valence-corrected chi connectivity index (χ2v) is 4.49. The van der Waals surface area contributed by atoms with Crippen LogP contribution in [0.3, 0.4) is 0 Å². The molecule has 2 N–H and O–H groups in total. The lowest BCUT2D eigenvalue weighted by Crippen LogP contribution is -2.34. The summed E-state index contributed by atoms with van der Waals surface area (Å²) in [6.45, 7) is 3.15. The van der Waals surface area contributed by atoms with E-state index in [2.05, 4.69) is 10.6 Å². The lowest BCUT2D eigenvalue weighted by atomic mass is 9.90. The molecule has 2 aliphatic rings. The molecule has 0 aromatic heterocycles. The highest BCUT2D eigenvalue weighted by atomic mass is 16.1. The van der Waals surface area contributed by atoms with E-state index >= 15 is 0 Å². The molecule has 0 aromatic carbocycles. The number of hydrogen-bond acceptors (Lipinski definition) is 3. The summed E-state index contributed by atoms with van der Waals surface area (Å²) < 4.78 is 0. The van der Waals surface area contributed by atoms with Gasteiger partial charge in [-0.2, -0.15) is 0 Å². The summed E-state index contributed by atoms with van der Waals surface area (Å²) >= 11 is 0. The van der Waals surface area contributed by atoms with Crippen LogP contribution in [0, 0.1) is 5.92 Å². The van der Waals surface area contributed by atoms with Gasteiger partial charge < -0.3 is 10.6 Å². The topological polar surface area (TPSA) is 41.1 Å². The number of piperidine rings is 1. The molecule has 2 fully saturated rings. The standard InChI is InChI=1S/C11H20N2O/c14-11(8-10-2-1-5-13-10)9-3-6-12-7-4-9/h9-10,12-13H,1-8H2/t10-/m0/s1. The molecule has 0 unspecified atom stereocenters. The van der Waals surface area contributed by atoms with E-state index in [0.29, 0.717) is 17.7 Å². The molecule has 2 heterocycles. The van der Waals surface area contributed by atoms with Crippen LogP contribution in [0.5, 0.6) is 0 Å². The minimum absolute atomic E-state index is 0.346. The van der Waals surface area contributed by atoms with Gasteiger partial charge in [-0.25, -0.2) is 0 Å². The zero-order valence-electron chi connectivity index (χ0n) is 8.72. The van der Waals surface area contributed by atoms with E-state index in [9.17, 15) is 4.79 Å². The lowest BCUT2D eigenvalue weighted by molar-refractivity contribution is -0.124. The molecule has 1 atom stereocenters. The van der Waals surface area contributed by atoms with E-state index in [0.717, 1.165) is 38.9 Å². The summed E-state index contributed by atoms with van der Waals surface area (Å²) in [4.78, 5) is 11.9. The third-order valence-electron chi connectivity index (χ3n) is 3.40. The summed E-state index contributed by atoms with van der Waals surface area (Å²) in [5.74, 6) is 0.838. The highest BCUT2D eigenvalue weighted by Gasteiger charge is 2.24. The fourth-order valence-electron chi connectivity index (χ4n) is 2.48. The molecule has 3 heteroatoms. The Balaban J connectivity index is 1.75. The molecule has 0 aromatic rings. The number of nitrogens with one attached hydrogen (secondary N) is 2. The van der Waals surface area contributed by atoms with Crippen molar-refractivity contribution < 1.29 is 4.79 Å². The lowest BCUT2D eigenvalue weighted by Gasteiger charge is -2.22. The Morgan fingerprint density at radius 2 is 1.93 bits per heavy atom. The van der Waals surface area contributed by atoms with Crippen molar-refractivity contribution in [2.45, 2.75) is 38.1 Å². The van der Waals surface area contributed by atoms with Gasteiger partial charge in [0.25, 0.3) is 0 Å². The largest absolute Gasteiger partial charge is 0.317 e. The van der Waals surface area contributed by atoms with Crippen LogP contribution < -0.4 is 10.6 Å². The molecular formula is C11H20N2O. The van der Waals surface area contributed by atoms with Crippen LogP contribution in [0.4, 0.5) is 0 Å². The summed E-state index contributed by atoms with van der Waals surface area (Å²) in [7, 11) is 0. The second kappa shape index (κ2) is 4.89. The first-order chi connectivity index (χ1) is 6.86. The van der Waals surface area contributed by atoms with Gasteiger partial charge in [0.15, 0.2) is 0 Å². The fourth-order valence-corrected chi connectivity index (χ4v) is 2.48. The number of Topliss-reactive ketones (excluding diaryl/α,β-unsaturated/α-hetero) is 1. The molecule has 0 bridgehead atoms. The van der Waals surface area contributed by atoms with Gasteiger partial charge in [-0.3, -0.25) is 4.79 Å². The van der Waals surface area contributed by atoms with E-state index in [4.69, 9.17) is 0 Å². The summed E-state index contributed by atoms with van der Waals surface area (Å²) in [5.41, 5.74) is 0. The van der Waals surface area contributed by atoms with Crippen LogP contribution in [-0.4, -0.2) is 31.5 Å². The summed E-state index contributed by atoms with van der Waals surface area (Å²) in [6, 6.07) is 0.484. The number of carbonyl (C=O) groups excluding carboxylic acids is 1. The van der Waals surface area contributed by atoms with Gasteiger partial charge in [-0.15, -0.1) is 0 Å². The monoisotopic (exact) mass is 196 g/mol. The van der Waals surface area contributed by atoms with Crippen molar-refractivity contribution in [1.82, 2.24) is 10.6 Å². The summed E-state index contributed by atoms with van der Waals surface area (Å²) in [6.07, 6.45) is 5.29. The Bertz CT molecular complexity index is 193. The average Bonchev–Trinajstić information content (AvgIpc) is 2.72. The Morgan fingerprint density at radius 3 is 2.57 bits per heavy atom.